The highest BCUT2D eigenvalue weighted by Crippen LogP contribution is 2.38. The zero-order valence-corrected chi connectivity index (χ0v) is 8.72. The highest BCUT2D eigenvalue weighted by Gasteiger charge is 2.34. The predicted octanol–water partition coefficient (Wildman–Crippen LogP) is 1.97. The van der Waals surface area contributed by atoms with Gasteiger partial charge >= 0.3 is 0 Å². The normalized spacial score (nSPS) is 31.8. The minimum absolute atomic E-state index is 0.156. The molecular weight excluding hydrogens is 192 g/mol. The molecule has 0 radical (unpaired) electrons. The summed E-state index contributed by atoms with van der Waals surface area (Å²) in [6.45, 7) is 0. The Morgan fingerprint density at radius 2 is 1.87 bits per heavy atom. The van der Waals surface area contributed by atoms with Crippen LogP contribution in [0.1, 0.15) is 62.1 Å². The molecule has 4 nitrogen and oxygen atoms in total. The summed E-state index contributed by atoms with van der Waals surface area (Å²) in [4.78, 5) is 4.46. The van der Waals surface area contributed by atoms with Crippen LogP contribution in [0, 0.1) is 0 Å². The SMILES string of the molecule is OC1CC(c2nc(C3CCCC3)no2)C1. The van der Waals surface area contributed by atoms with Gasteiger partial charge in [0, 0.05) is 11.8 Å². The number of hydrogen-bond acceptors (Lipinski definition) is 4. The van der Waals surface area contributed by atoms with E-state index in [9.17, 15) is 5.11 Å². The first-order chi connectivity index (χ1) is 7.33. The van der Waals surface area contributed by atoms with Crippen molar-refractivity contribution in [2.24, 2.45) is 0 Å². The van der Waals surface area contributed by atoms with Gasteiger partial charge in [0.1, 0.15) is 0 Å². The monoisotopic (exact) mass is 208 g/mol. The maximum absolute atomic E-state index is 9.21. The van der Waals surface area contributed by atoms with Crippen LogP contribution in [-0.4, -0.2) is 21.4 Å². The van der Waals surface area contributed by atoms with Crippen LogP contribution >= 0.6 is 0 Å². The van der Waals surface area contributed by atoms with E-state index in [1.807, 2.05) is 0 Å². The van der Waals surface area contributed by atoms with Crippen molar-refractivity contribution < 1.29 is 9.63 Å². The summed E-state index contributed by atoms with van der Waals surface area (Å²) in [6, 6.07) is 0. The van der Waals surface area contributed by atoms with Crippen molar-refractivity contribution in [2.45, 2.75) is 56.5 Å². The second-order valence-electron chi connectivity index (χ2n) is 4.79. The molecule has 0 aliphatic heterocycles. The van der Waals surface area contributed by atoms with Gasteiger partial charge in [-0.25, -0.2) is 0 Å². The summed E-state index contributed by atoms with van der Waals surface area (Å²) in [5.41, 5.74) is 0. The fourth-order valence-corrected chi connectivity index (χ4v) is 2.55. The molecule has 2 aliphatic rings. The number of aromatic nitrogens is 2. The maximum Gasteiger partial charge on any atom is 0.229 e. The molecule has 2 fully saturated rings. The molecule has 0 bridgehead atoms. The topological polar surface area (TPSA) is 59.2 Å². The Labute approximate surface area is 88.7 Å². The van der Waals surface area contributed by atoms with Crippen LogP contribution in [0.2, 0.25) is 0 Å². The molecular formula is C11H16N2O2. The van der Waals surface area contributed by atoms with Gasteiger partial charge in [-0.2, -0.15) is 4.98 Å². The van der Waals surface area contributed by atoms with Crippen LogP contribution in [0.25, 0.3) is 0 Å². The van der Waals surface area contributed by atoms with Crippen LogP contribution < -0.4 is 0 Å². The molecule has 1 aromatic rings. The first-order valence-electron chi connectivity index (χ1n) is 5.84. The summed E-state index contributed by atoms with van der Waals surface area (Å²) in [5, 5.41) is 13.3. The third-order valence-corrected chi connectivity index (χ3v) is 3.64. The van der Waals surface area contributed by atoms with Gasteiger partial charge < -0.3 is 9.63 Å². The lowest BCUT2D eigenvalue weighted by molar-refractivity contribution is 0.0625. The summed E-state index contributed by atoms with van der Waals surface area (Å²) >= 11 is 0. The quantitative estimate of drug-likeness (QED) is 0.807. The first kappa shape index (κ1) is 9.33. The Kier molecular flexibility index (Phi) is 2.24. The molecule has 15 heavy (non-hydrogen) atoms. The molecule has 1 N–H and O–H groups in total. The Hall–Kier alpha value is -0.900. The van der Waals surface area contributed by atoms with Gasteiger partial charge in [0.05, 0.1) is 6.10 Å². The second kappa shape index (κ2) is 3.59. The average molecular weight is 208 g/mol. The van der Waals surface area contributed by atoms with E-state index in [4.69, 9.17) is 4.52 Å². The van der Waals surface area contributed by atoms with Gasteiger partial charge in [0.25, 0.3) is 0 Å². The Bertz CT molecular complexity index is 338. The number of nitrogens with zero attached hydrogens (tertiary/aromatic N) is 2. The Balaban J connectivity index is 1.70. The molecule has 0 unspecified atom stereocenters. The minimum atomic E-state index is -0.156. The van der Waals surface area contributed by atoms with E-state index in [0.29, 0.717) is 11.8 Å². The molecule has 1 heterocycles. The van der Waals surface area contributed by atoms with Crippen molar-refractivity contribution in [3.8, 4) is 0 Å². The maximum atomic E-state index is 9.21. The summed E-state index contributed by atoms with van der Waals surface area (Å²) in [6.07, 6.45) is 6.39. The lowest BCUT2D eigenvalue weighted by Crippen LogP contribution is -2.26. The largest absolute Gasteiger partial charge is 0.393 e. The van der Waals surface area contributed by atoms with Crippen molar-refractivity contribution in [2.75, 3.05) is 0 Å². The molecule has 82 valence electrons. The molecule has 0 amide bonds. The van der Waals surface area contributed by atoms with Crippen LogP contribution in [0.15, 0.2) is 4.52 Å². The lowest BCUT2D eigenvalue weighted by atomic mass is 9.82. The number of rotatable bonds is 2. The molecule has 0 saturated heterocycles. The van der Waals surface area contributed by atoms with E-state index in [2.05, 4.69) is 10.1 Å². The summed E-state index contributed by atoms with van der Waals surface area (Å²) < 4.78 is 5.26. The smallest absolute Gasteiger partial charge is 0.229 e. The van der Waals surface area contributed by atoms with Crippen LogP contribution in [0.3, 0.4) is 0 Å². The van der Waals surface area contributed by atoms with E-state index in [1.54, 1.807) is 0 Å². The van der Waals surface area contributed by atoms with E-state index in [0.717, 1.165) is 24.6 Å². The highest BCUT2D eigenvalue weighted by molar-refractivity contribution is 5.04. The Morgan fingerprint density at radius 3 is 2.53 bits per heavy atom. The van der Waals surface area contributed by atoms with Gasteiger partial charge in [-0.15, -0.1) is 0 Å². The fraction of sp³-hybridized carbons (Fsp3) is 0.818. The molecule has 2 aliphatic carbocycles. The van der Waals surface area contributed by atoms with Crippen molar-refractivity contribution >= 4 is 0 Å². The number of aliphatic hydroxyl groups excluding tert-OH is 1. The predicted molar refractivity (Wildman–Crippen MR) is 53.5 cm³/mol. The zero-order valence-electron chi connectivity index (χ0n) is 8.72. The molecule has 3 rings (SSSR count). The summed E-state index contributed by atoms with van der Waals surface area (Å²) in [7, 11) is 0. The van der Waals surface area contributed by atoms with Crippen LogP contribution in [0.4, 0.5) is 0 Å². The fourth-order valence-electron chi connectivity index (χ4n) is 2.55. The molecule has 0 spiro atoms. The molecule has 1 aromatic heterocycles. The third-order valence-electron chi connectivity index (χ3n) is 3.64. The Morgan fingerprint density at radius 1 is 1.13 bits per heavy atom. The van der Waals surface area contributed by atoms with E-state index in [1.165, 1.54) is 25.7 Å². The van der Waals surface area contributed by atoms with Crippen LogP contribution in [0.5, 0.6) is 0 Å². The average Bonchev–Trinajstić information content (AvgIpc) is 2.83. The van der Waals surface area contributed by atoms with Crippen molar-refractivity contribution in [3.63, 3.8) is 0 Å². The number of aliphatic hydroxyl groups is 1. The van der Waals surface area contributed by atoms with Crippen LogP contribution in [-0.2, 0) is 0 Å². The van der Waals surface area contributed by atoms with Gasteiger partial charge in [0.15, 0.2) is 5.82 Å². The van der Waals surface area contributed by atoms with Gasteiger partial charge in [-0.05, 0) is 25.7 Å². The molecule has 0 aromatic carbocycles. The third kappa shape index (κ3) is 1.67. The molecule has 4 heteroatoms. The van der Waals surface area contributed by atoms with Crippen molar-refractivity contribution in [1.29, 1.82) is 0 Å². The van der Waals surface area contributed by atoms with E-state index in [-0.39, 0.29) is 6.10 Å². The van der Waals surface area contributed by atoms with E-state index >= 15 is 0 Å². The summed E-state index contributed by atoms with van der Waals surface area (Å²) in [5.74, 6) is 2.46. The van der Waals surface area contributed by atoms with Crippen molar-refractivity contribution in [3.05, 3.63) is 11.7 Å². The standard InChI is InChI=1S/C11H16N2O2/c14-9-5-8(6-9)11-12-10(13-15-11)7-3-1-2-4-7/h7-9,14H,1-6H2. The van der Waals surface area contributed by atoms with E-state index < -0.39 is 0 Å². The van der Waals surface area contributed by atoms with Crippen molar-refractivity contribution in [1.82, 2.24) is 10.1 Å². The minimum Gasteiger partial charge on any atom is -0.393 e. The zero-order chi connectivity index (χ0) is 10.3. The van der Waals surface area contributed by atoms with Gasteiger partial charge in [0.2, 0.25) is 5.89 Å². The molecule has 0 atom stereocenters. The highest BCUT2D eigenvalue weighted by atomic mass is 16.5. The second-order valence-corrected chi connectivity index (χ2v) is 4.79. The number of hydrogen-bond donors (Lipinski definition) is 1. The van der Waals surface area contributed by atoms with Gasteiger partial charge in [-0.1, -0.05) is 18.0 Å². The first-order valence-corrected chi connectivity index (χ1v) is 5.84. The molecule has 2 saturated carbocycles. The lowest BCUT2D eigenvalue weighted by Gasteiger charge is -2.27. The van der Waals surface area contributed by atoms with Gasteiger partial charge in [-0.3, -0.25) is 0 Å².